The van der Waals surface area contributed by atoms with E-state index in [-0.39, 0.29) is 24.4 Å². The average Bonchev–Trinajstić information content (AvgIpc) is 2.44. The molecule has 0 radical (unpaired) electrons. The second-order valence-corrected chi connectivity index (χ2v) is 5.26. The summed E-state index contributed by atoms with van der Waals surface area (Å²) in [4.78, 5) is 14.0. The first-order chi connectivity index (χ1) is 9.61. The van der Waals surface area contributed by atoms with E-state index in [1.807, 2.05) is 0 Å². The van der Waals surface area contributed by atoms with Crippen LogP contribution in [0.2, 0.25) is 0 Å². The summed E-state index contributed by atoms with van der Waals surface area (Å²) in [5.41, 5.74) is 5.76. The molecule has 1 saturated heterocycles. The van der Waals surface area contributed by atoms with Crippen LogP contribution in [0.15, 0.2) is 24.3 Å². The van der Waals surface area contributed by atoms with Gasteiger partial charge in [-0.2, -0.15) is 0 Å². The molecule has 0 saturated carbocycles. The molecule has 2 unspecified atom stereocenters. The number of hydrogen-bond donors (Lipinski definition) is 1. The van der Waals surface area contributed by atoms with Gasteiger partial charge in [-0.25, -0.2) is 4.39 Å². The van der Waals surface area contributed by atoms with Gasteiger partial charge < -0.3 is 15.4 Å². The van der Waals surface area contributed by atoms with E-state index in [4.69, 9.17) is 10.5 Å². The van der Waals surface area contributed by atoms with Crippen molar-refractivity contribution in [3.8, 4) is 5.75 Å². The Labute approximate surface area is 118 Å². The SMILES string of the molecule is CC1CCCN(C(=O)COc2cccc(F)c2)C1CN. The molecule has 1 aromatic rings. The number of carbonyl (C=O) groups is 1. The average molecular weight is 280 g/mol. The molecule has 0 spiro atoms. The minimum absolute atomic E-state index is 0.0763. The van der Waals surface area contributed by atoms with Gasteiger partial charge in [0.25, 0.3) is 5.91 Å². The third-order valence-corrected chi connectivity index (χ3v) is 3.84. The van der Waals surface area contributed by atoms with Crippen LogP contribution in [0.1, 0.15) is 19.8 Å². The van der Waals surface area contributed by atoms with E-state index < -0.39 is 0 Å². The second kappa shape index (κ2) is 6.70. The predicted molar refractivity (Wildman–Crippen MR) is 74.8 cm³/mol. The maximum absolute atomic E-state index is 13.0. The van der Waals surface area contributed by atoms with Gasteiger partial charge in [0.15, 0.2) is 6.61 Å². The number of carbonyl (C=O) groups excluding carboxylic acids is 1. The lowest BCUT2D eigenvalue weighted by molar-refractivity contribution is -0.138. The number of nitrogens with two attached hydrogens (primary N) is 1. The summed E-state index contributed by atoms with van der Waals surface area (Å²) in [5, 5.41) is 0. The number of hydrogen-bond acceptors (Lipinski definition) is 3. The fraction of sp³-hybridized carbons (Fsp3) is 0.533. The minimum Gasteiger partial charge on any atom is -0.484 e. The lowest BCUT2D eigenvalue weighted by atomic mass is 9.91. The van der Waals surface area contributed by atoms with Crippen molar-refractivity contribution in [1.29, 1.82) is 0 Å². The van der Waals surface area contributed by atoms with E-state index >= 15 is 0 Å². The van der Waals surface area contributed by atoms with Crippen LogP contribution in [0, 0.1) is 11.7 Å². The Morgan fingerprint density at radius 2 is 2.35 bits per heavy atom. The minimum atomic E-state index is -0.374. The van der Waals surface area contributed by atoms with Crippen LogP contribution < -0.4 is 10.5 Å². The third-order valence-electron chi connectivity index (χ3n) is 3.84. The molecule has 4 nitrogen and oxygen atoms in total. The molecule has 110 valence electrons. The number of ether oxygens (including phenoxy) is 1. The topological polar surface area (TPSA) is 55.6 Å². The van der Waals surface area contributed by atoms with Crippen LogP contribution in [0.5, 0.6) is 5.75 Å². The summed E-state index contributed by atoms with van der Waals surface area (Å²) in [5.74, 6) is 0.317. The van der Waals surface area contributed by atoms with E-state index in [9.17, 15) is 9.18 Å². The Balaban J connectivity index is 1.93. The Morgan fingerprint density at radius 1 is 1.55 bits per heavy atom. The highest BCUT2D eigenvalue weighted by Crippen LogP contribution is 2.23. The molecule has 0 aliphatic carbocycles. The highest BCUT2D eigenvalue weighted by atomic mass is 19.1. The molecular weight excluding hydrogens is 259 g/mol. The molecule has 0 bridgehead atoms. The molecule has 1 heterocycles. The summed E-state index contributed by atoms with van der Waals surface area (Å²) < 4.78 is 18.4. The van der Waals surface area contributed by atoms with Gasteiger partial charge >= 0.3 is 0 Å². The van der Waals surface area contributed by atoms with Crippen molar-refractivity contribution in [2.45, 2.75) is 25.8 Å². The van der Waals surface area contributed by atoms with Crippen LogP contribution in [0.3, 0.4) is 0 Å². The zero-order chi connectivity index (χ0) is 14.5. The van der Waals surface area contributed by atoms with Gasteiger partial charge in [-0.1, -0.05) is 13.0 Å². The van der Waals surface area contributed by atoms with E-state index in [2.05, 4.69) is 6.92 Å². The number of amides is 1. The number of halogens is 1. The van der Waals surface area contributed by atoms with Crippen molar-refractivity contribution >= 4 is 5.91 Å². The van der Waals surface area contributed by atoms with E-state index in [0.717, 1.165) is 19.4 Å². The summed E-state index contributed by atoms with van der Waals surface area (Å²) >= 11 is 0. The maximum Gasteiger partial charge on any atom is 0.260 e. The zero-order valence-corrected chi connectivity index (χ0v) is 11.7. The van der Waals surface area contributed by atoms with Crippen LogP contribution >= 0.6 is 0 Å². The summed E-state index contributed by atoms with van der Waals surface area (Å²) in [6.07, 6.45) is 2.08. The molecule has 2 N–H and O–H groups in total. The second-order valence-electron chi connectivity index (χ2n) is 5.26. The highest BCUT2D eigenvalue weighted by molar-refractivity contribution is 5.78. The third kappa shape index (κ3) is 3.48. The summed E-state index contributed by atoms with van der Waals surface area (Å²) in [7, 11) is 0. The standard InChI is InChI=1S/C15H21FN2O2/c1-11-4-3-7-18(14(11)9-17)15(19)10-20-13-6-2-5-12(16)8-13/h2,5-6,8,11,14H,3-4,7,9-10,17H2,1H3. The fourth-order valence-electron chi connectivity index (χ4n) is 2.70. The van der Waals surface area contributed by atoms with Crippen molar-refractivity contribution < 1.29 is 13.9 Å². The van der Waals surface area contributed by atoms with E-state index in [1.54, 1.807) is 17.0 Å². The number of benzene rings is 1. The Morgan fingerprint density at radius 3 is 3.05 bits per heavy atom. The van der Waals surface area contributed by atoms with E-state index in [0.29, 0.717) is 18.2 Å². The first kappa shape index (κ1) is 14.8. The number of piperidine rings is 1. The van der Waals surface area contributed by atoms with Crippen molar-refractivity contribution in [2.75, 3.05) is 19.7 Å². The van der Waals surface area contributed by atoms with Crippen molar-refractivity contribution in [3.05, 3.63) is 30.1 Å². The molecule has 1 aromatic carbocycles. The number of likely N-dealkylation sites (tertiary alicyclic amines) is 1. The smallest absolute Gasteiger partial charge is 0.260 e. The molecule has 1 fully saturated rings. The summed E-state index contributed by atoms with van der Waals surface area (Å²) in [6, 6.07) is 5.88. The lowest BCUT2D eigenvalue weighted by Gasteiger charge is -2.39. The van der Waals surface area contributed by atoms with Gasteiger partial charge in [0.2, 0.25) is 0 Å². The van der Waals surface area contributed by atoms with Crippen LogP contribution in [0.25, 0.3) is 0 Å². The van der Waals surface area contributed by atoms with Gasteiger partial charge in [-0.3, -0.25) is 4.79 Å². The Hall–Kier alpha value is -1.62. The Bertz CT molecular complexity index is 467. The molecule has 20 heavy (non-hydrogen) atoms. The van der Waals surface area contributed by atoms with Crippen LogP contribution in [-0.4, -0.2) is 36.5 Å². The zero-order valence-electron chi connectivity index (χ0n) is 11.7. The molecule has 2 rings (SSSR count). The van der Waals surface area contributed by atoms with Gasteiger partial charge in [0.1, 0.15) is 11.6 Å². The van der Waals surface area contributed by atoms with Gasteiger partial charge in [-0.05, 0) is 30.9 Å². The van der Waals surface area contributed by atoms with Gasteiger partial charge in [0.05, 0.1) is 0 Å². The predicted octanol–water partition coefficient (Wildman–Crippen LogP) is 1.79. The van der Waals surface area contributed by atoms with Crippen LogP contribution in [-0.2, 0) is 4.79 Å². The molecule has 0 aromatic heterocycles. The molecule has 5 heteroatoms. The maximum atomic E-state index is 13.0. The molecule has 2 atom stereocenters. The molecule has 1 aliphatic heterocycles. The fourth-order valence-corrected chi connectivity index (χ4v) is 2.70. The number of nitrogens with zero attached hydrogens (tertiary/aromatic N) is 1. The van der Waals surface area contributed by atoms with Crippen molar-refractivity contribution in [3.63, 3.8) is 0 Å². The normalized spacial score (nSPS) is 22.6. The van der Waals surface area contributed by atoms with Crippen molar-refractivity contribution in [1.82, 2.24) is 4.90 Å². The first-order valence-electron chi connectivity index (χ1n) is 6.99. The first-order valence-corrected chi connectivity index (χ1v) is 6.99. The molecular formula is C15H21FN2O2. The van der Waals surface area contributed by atoms with Gasteiger partial charge in [0, 0.05) is 25.2 Å². The Kier molecular flexibility index (Phi) is 4.95. The quantitative estimate of drug-likeness (QED) is 0.915. The van der Waals surface area contributed by atoms with Gasteiger partial charge in [-0.15, -0.1) is 0 Å². The summed E-state index contributed by atoms with van der Waals surface area (Å²) in [6.45, 7) is 3.22. The largest absolute Gasteiger partial charge is 0.484 e. The number of rotatable bonds is 4. The molecule has 1 amide bonds. The lowest BCUT2D eigenvalue weighted by Crippen LogP contribution is -2.52. The van der Waals surface area contributed by atoms with Crippen molar-refractivity contribution in [2.24, 2.45) is 11.7 Å². The van der Waals surface area contributed by atoms with Crippen LogP contribution in [0.4, 0.5) is 4.39 Å². The van der Waals surface area contributed by atoms with E-state index in [1.165, 1.54) is 12.1 Å². The monoisotopic (exact) mass is 280 g/mol. The molecule has 1 aliphatic rings. The highest BCUT2D eigenvalue weighted by Gasteiger charge is 2.30.